The third-order valence-electron chi connectivity index (χ3n) is 4.12. The maximum Gasteiger partial charge on any atom is 0.340 e. The molecule has 1 fully saturated rings. The zero-order valence-corrected chi connectivity index (χ0v) is 17.3. The summed E-state index contributed by atoms with van der Waals surface area (Å²) in [4.78, 5) is 24.4. The second-order valence-corrected chi connectivity index (χ2v) is 6.89. The molecule has 0 spiro atoms. The number of methoxy groups -OCH3 is 1. The van der Waals surface area contributed by atoms with Crippen molar-refractivity contribution in [2.75, 3.05) is 26.5 Å². The van der Waals surface area contributed by atoms with Gasteiger partial charge in [0.1, 0.15) is 5.82 Å². The number of rotatable bonds is 4. The number of carbonyl (C=O) groups is 2. The molecule has 0 aliphatic heterocycles. The number of nitrogens with one attached hydrogen (secondary N) is 1. The number of halogens is 1. The molecule has 1 aliphatic carbocycles. The second-order valence-electron chi connectivity index (χ2n) is 5.97. The third kappa shape index (κ3) is 3.95. The molecule has 0 saturated heterocycles. The predicted molar refractivity (Wildman–Crippen MR) is 82.5 cm³/mol. The molecule has 0 bridgehead atoms. The van der Waals surface area contributed by atoms with Crippen molar-refractivity contribution in [1.29, 1.82) is 0 Å². The number of anilines is 1. The molecule has 8 heteroatoms. The van der Waals surface area contributed by atoms with Crippen LogP contribution in [0.3, 0.4) is 0 Å². The molecule has 0 heterocycles. The molecule has 1 N–H and O–H groups in total. The number of aryl methyl sites for hydroxylation is 1. The number of carbonyl (C=O) groups excluding carboxylic acids is 2. The monoisotopic (exact) mass is 415 g/mol. The van der Waals surface area contributed by atoms with Crippen LogP contribution in [0.4, 0.5) is 10.1 Å². The number of quaternary nitrogens is 1. The van der Waals surface area contributed by atoms with Crippen LogP contribution in [0.15, 0.2) is 12.1 Å². The molecule has 123 valence electrons. The van der Waals surface area contributed by atoms with E-state index in [1.165, 1.54) is 13.2 Å². The SMILES string of the molecule is COC(=O)c1cc(F)cc(C)c1NC(=O)C1([N+](C)(C)[S-])CC1.[Y]. The molecule has 0 unspecified atom stereocenters. The van der Waals surface area contributed by atoms with Crippen molar-refractivity contribution in [3.8, 4) is 0 Å². The Hall–Kier alpha value is -0.496. The summed E-state index contributed by atoms with van der Waals surface area (Å²) in [6.45, 7) is 1.62. The van der Waals surface area contributed by atoms with E-state index in [1.807, 2.05) is 0 Å². The number of nitrogens with zero attached hydrogens (tertiary/aromatic N) is 1. The standard InChI is InChI=1S/C15H19FN2O3S.Y/c1-9-7-10(16)8-11(13(19)21-4)12(9)17-14(20)15(5-6-15)18(2,3)22;/h7-8H,5-6H2,1-4H3,(H,17,20);. The topological polar surface area (TPSA) is 55.4 Å². The summed E-state index contributed by atoms with van der Waals surface area (Å²) in [5.41, 5.74) is 0.0508. The average molecular weight is 415 g/mol. The van der Waals surface area contributed by atoms with E-state index in [4.69, 9.17) is 12.8 Å². The summed E-state index contributed by atoms with van der Waals surface area (Å²) in [7, 11) is 4.76. The molecule has 1 aromatic rings. The molecule has 1 radical (unpaired) electrons. The number of likely N-dealkylation sites (N-methyl/N-ethyl adjacent to an activating group) is 1. The van der Waals surface area contributed by atoms with E-state index in [2.05, 4.69) is 10.1 Å². The second kappa shape index (κ2) is 7.17. The molecule has 1 amide bonds. The Labute approximate surface area is 166 Å². The summed E-state index contributed by atoms with van der Waals surface area (Å²) in [5, 5.41) is 2.74. The number of amides is 1. The fourth-order valence-electron chi connectivity index (χ4n) is 2.54. The van der Waals surface area contributed by atoms with E-state index in [0.29, 0.717) is 18.4 Å². The first kappa shape index (κ1) is 20.5. The van der Waals surface area contributed by atoms with Gasteiger partial charge in [0, 0.05) is 45.6 Å². The van der Waals surface area contributed by atoms with Crippen LogP contribution in [-0.4, -0.2) is 42.5 Å². The summed E-state index contributed by atoms with van der Waals surface area (Å²) in [6, 6.07) is 2.32. The Bertz CT molecular complexity index is 642. The van der Waals surface area contributed by atoms with Gasteiger partial charge >= 0.3 is 5.97 Å². The zero-order valence-electron chi connectivity index (χ0n) is 13.6. The zero-order chi connectivity index (χ0) is 16.7. The van der Waals surface area contributed by atoms with Gasteiger partial charge in [-0.25, -0.2) is 9.18 Å². The molecular weight excluding hydrogens is 396 g/mol. The molecule has 5 nitrogen and oxygen atoms in total. The number of ether oxygens (including phenoxy) is 1. The van der Waals surface area contributed by atoms with Crippen LogP contribution < -0.4 is 5.32 Å². The minimum absolute atomic E-state index is 0. The van der Waals surface area contributed by atoms with Gasteiger partial charge in [-0.05, 0) is 24.6 Å². The normalized spacial score (nSPS) is 15.4. The summed E-state index contributed by atoms with van der Waals surface area (Å²) in [5.74, 6) is -1.52. The number of hydrogen-bond donors (Lipinski definition) is 1. The van der Waals surface area contributed by atoms with Gasteiger partial charge in [-0.3, -0.25) is 4.79 Å². The average Bonchev–Trinajstić information content (AvgIpc) is 3.21. The van der Waals surface area contributed by atoms with Crippen LogP contribution >= 0.6 is 0 Å². The van der Waals surface area contributed by atoms with E-state index in [0.717, 1.165) is 6.07 Å². The Morgan fingerprint density at radius 1 is 1.35 bits per heavy atom. The minimum atomic E-state index is -0.699. The van der Waals surface area contributed by atoms with E-state index >= 15 is 0 Å². The van der Waals surface area contributed by atoms with Crippen molar-refractivity contribution in [2.24, 2.45) is 0 Å². The van der Waals surface area contributed by atoms with E-state index in [1.54, 1.807) is 21.0 Å². The molecule has 1 aliphatic rings. The van der Waals surface area contributed by atoms with E-state index in [-0.39, 0.29) is 53.8 Å². The van der Waals surface area contributed by atoms with Gasteiger partial charge in [-0.2, -0.15) is 0 Å². The largest absolute Gasteiger partial charge is 0.494 e. The van der Waals surface area contributed by atoms with Crippen molar-refractivity contribution in [3.05, 3.63) is 29.1 Å². The Kier molecular flexibility index (Phi) is 6.41. The smallest absolute Gasteiger partial charge is 0.340 e. The van der Waals surface area contributed by atoms with Crippen LogP contribution in [0.1, 0.15) is 28.8 Å². The summed E-state index contributed by atoms with van der Waals surface area (Å²) in [6.07, 6.45) is 1.37. The molecule has 1 saturated carbocycles. The van der Waals surface area contributed by atoms with E-state index < -0.39 is 17.3 Å². The van der Waals surface area contributed by atoms with Crippen LogP contribution in [0, 0.1) is 12.7 Å². The van der Waals surface area contributed by atoms with Gasteiger partial charge in [0.15, 0.2) is 5.54 Å². The molecule has 0 atom stereocenters. The van der Waals surface area contributed by atoms with Crippen molar-refractivity contribution in [3.63, 3.8) is 0 Å². The molecule has 23 heavy (non-hydrogen) atoms. The van der Waals surface area contributed by atoms with Crippen LogP contribution in [-0.2, 0) is 55.1 Å². The number of esters is 1. The van der Waals surface area contributed by atoms with Gasteiger partial charge in [-0.1, -0.05) is 0 Å². The maximum atomic E-state index is 13.5. The Morgan fingerprint density at radius 3 is 2.35 bits per heavy atom. The Balaban J connectivity index is 0.00000264. The van der Waals surface area contributed by atoms with Gasteiger partial charge in [0.25, 0.3) is 5.91 Å². The van der Waals surface area contributed by atoms with Gasteiger partial charge in [0.2, 0.25) is 0 Å². The van der Waals surface area contributed by atoms with Crippen LogP contribution in [0.5, 0.6) is 0 Å². The van der Waals surface area contributed by atoms with E-state index in [9.17, 15) is 14.0 Å². The fourth-order valence-corrected chi connectivity index (χ4v) is 2.80. The van der Waals surface area contributed by atoms with Gasteiger partial charge in [0.05, 0.1) is 32.5 Å². The van der Waals surface area contributed by atoms with Crippen LogP contribution in [0.2, 0.25) is 0 Å². The molecule has 0 aromatic heterocycles. The van der Waals surface area contributed by atoms with Gasteiger partial charge < -0.3 is 26.8 Å². The maximum absolute atomic E-state index is 13.5. The molecule has 1 aromatic carbocycles. The summed E-state index contributed by atoms with van der Waals surface area (Å²) < 4.78 is 18.3. The van der Waals surface area contributed by atoms with Gasteiger partial charge in [-0.15, -0.1) is 0 Å². The number of hydrogen-bond acceptors (Lipinski definition) is 4. The van der Waals surface area contributed by atoms with Crippen molar-refractivity contribution < 1.29 is 55.3 Å². The minimum Gasteiger partial charge on any atom is -0.494 e. The van der Waals surface area contributed by atoms with Crippen molar-refractivity contribution in [1.82, 2.24) is 0 Å². The van der Waals surface area contributed by atoms with Crippen LogP contribution in [0.25, 0.3) is 0 Å². The molecule has 2 rings (SSSR count). The third-order valence-corrected chi connectivity index (χ3v) is 4.47. The molecular formula is C15H19FN2O3SY. The fraction of sp³-hybridized carbons (Fsp3) is 0.467. The Morgan fingerprint density at radius 2 is 1.91 bits per heavy atom. The first-order valence-corrected chi connectivity index (χ1v) is 7.24. The quantitative estimate of drug-likeness (QED) is 0.464. The predicted octanol–water partition coefficient (Wildman–Crippen LogP) is 1.93. The van der Waals surface area contributed by atoms with Crippen molar-refractivity contribution >= 4 is 30.4 Å². The first-order chi connectivity index (χ1) is 10.1. The summed E-state index contributed by atoms with van der Waals surface area (Å²) >= 11 is 5.36. The number of benzene rings is 1. The first-order valence-electron chi connectivity index (χ1n) is 6.87. The van der Waals surface area contributed by atoms with Crippen molar-refractivity contribution in [2.45, 2.75) is 25.3 Å².